The number of hydrogen-bond acceptors (Lipinski definition) is 7. The van der Waals surface area contributed by atoms with Crippen molar-refractivity contribution in [3.05, 3.63) is 22.2 Å². The van der Waals surface area contributed by atoms with E-state index in [-0.39, 0.29) is 17.0 Å². The van der Waals surface area contributed by atoms with Crippen LogP contribution in [0.1, 0.15) is 10.4 Å². The number of esters is 1. The molecule has 0 aromatic heterocycles. The molecule has 1 aromatic rings. The number of carbonyl (C=O) groups is 1. The summed E-state index contributed by atoms with van der Waals surface area (Å²) >= 11 is 3.25. The number of hydrazone groups is 1. The third-order valence-corrected chi connectivity index (χ3v) is 2.82. The Balaban J connectivity index is 3.29. The summed E-state index contributed by atoms with van der Waals surface area (Å²) in [5.41, 5.74) is 2.53. The van der Waals surface area contributed by atoms with Gasteiger partial charge in [-0.3, -0.25) is 5.43 Å². The Kier molecular flexibility index (Phi) is 5.51. The molecule has 0 aliphatic heterocycles. The molecule has 0 aliphatic rings. The molecule has 0 fully saturated rings. The average molecular weight is 337 g/mol. The highest BCUT2D eigenvalue weighted by Crippen LogP contribution is 2.32. The first-order valence-corrected chi connectivity index (χ1v) is 5.96. The lowest BCUT2D eigenvalue weighted by atomic mass is 10.1. The minimum atomic E-state index is -0.596. The van der Waals surface area contributed by atoms with Gasteiger partial charge in [0.05, 0.1) is 29.9 Å². The number of nitrogens with zero attached hydrogens (tertiary/aromatic N) is 3. The van der Waals surface area contributed by atoms with Crippen molar-refractivity contribution in [1.82, 2.24) is 0 Å². The highest BCUT2D eigenvalue weighted by Gasteiger charge is 2.16. The highest BCUT2D eigenvalue weighted by atomic mass is 79.9. The number of carbonyl (C=O) groups excluding carboxylic acids is 1. The molecule has 0 saturated heterocycles. The summed E-state index contributed by atoms with van der Waals surface area (Å²) in [6.07, 6.45) is 0. The van der Waals surface area contributed by atoms with Crippen LogP contribution in [0.3, 0.4) is 0 Å². The molecule has 0 unspecified atom stereocenters. The van der Waals surface area contributed by atoms with Crippen LogP contribution in [0, 0.1) is 22.7 Å². The Hall–Kier alpha value is -2.58. The van der Waals surface area contributed by atoms with Crippen molar-refractivity contribution in [2.24, 2.45) is 5.10 Å². The number of hydrogen-bond donors (Lipinski definition) is 1. The van der Waals surface area contributed by atoms with Crippen molar-refractivity contribution in [2.45, 2.75) is 0 Å². The number of ether oxygens (including phenoxy) is 2. The molecule has 0 heterocycles. The van der Waals surface area contributed by atoms with Gasteiger partial charge in [-0.1, -0.05) is 0 Å². The fourth-order valence-corrected chi connectivity index (χ4v) is 1.78. The topological polar surface area (TPSA) is 108 Å². The maximum Gasteiger partial charge on any atom is 0.340 e. The van der Waals surface area contributed by atoms with Crippen molar-refractivity contribution in [2.75, 3.05) is 19.6 Å². The highest BCUT2D eigenvalue weighted by molar-refractivity contribution is 9.10. The number of nitrogens with one attached hydrogen (secondary N) is 1. The fourth-order valence-electron chi connectivity index (χ4n) is 1.27. The van der Waals surface area contributed by atoms with Gasteiger partial charge in [0.15, 0.2) is 0 Å². The van der Waals surface area contributed by atoms with Crippen molar-refractivity contribution < 1.29 is 14.3 Å². The molecule has 7 nitrogen and oxygen atoms in total. The van der Waals surface area contributed by atoms with Gasteiger partial charge in [-0.2, -0.15) is 15.6 Å². The number of rotatable bonds is 4. The normalized spacial score (nSPS) is 8.85. The van der Waals surface area contributed by atoms with Gasteiger partial charge in [-0.05, 0) is 22.0 Å². The molecule has 0 bridgehead atoms. The quantitative estimate of drug-likeness (QED) is 0.512. The first-order chi connectivity index (χ1) is 9.57. The van der Waals surface area contributed by atoms with E-state index in [1.54, 1.807) is 12.1 Å². The van der Waals surface area contributed by atoms with Crippen LogP contribution < -0.4 is 10.2 Å². The van der Waals surface area contributed by atoms with Gasteiger partial charge in [0.1, 0.15) is 17.9 Å². The molecule has 0 aliphatic carbocycles. The number of benzene rings is 1. The van der Waals surface area contributed by atoms with Crippen LogP contribution in [0.5, 0.6) is 5.75 Å². The van der Waals surface area contributed by atoms with Crippen LogP contribution in [0.4, 0.5) is 5.69 Å². The summed E-state index contributed by atoms with van der Waals surface area (Å²) in [5, 5.41) is 20.8. The lowest BCUT2D eigenvalue weighted by molar-refractivity contribution is 0.0601. The van der Waals surface area contributed by atoms with Crippen LogP contribution in [-0.4, -0.2) is 25.9 Å². The van der Waals surface area contributed by atoms with E-state index in [2.05, 4.69) is 31.2 Å². The molecule has 0 radical (unpaired) electrons. The van der Waals surface area contributed by atoms with Gasteiger partial charge in [0, 0.05) is 6.07 Å². The van der Waals surface area contributed by atoms with E-state index in [0.29, 0.717) is 10.2 Å². The molecule has 1 N–H and O–H groups in total. The molecule has 0 atom stereocenters. The summed E-state index contributed by atoms with van der Waals surface area (Å²) in [7, 11) is 2.70. The molecule has 20 heavy (non-hydrogen) atoms. The molecule has 1 rings (SSSR count). The van der Waals surface area contributed by atoms with Crippen molar-refractivity contribution >= 4 is 33.3 Å². The van der Waals surface area contributed by atoms with Gasteiger partial charge >= 0.3 is 5.97 Å². The molecule has 102 valence electrons. The number of nitriles is 2. The lowest BCUT2D eigenvalue weighted by Crippen LogP contribution is -2.07. The Bertz CT molecular complexity index is 627. The zero-order chi connectivity index (χ0) is 15.1. The first-order valence-electron chi connectivity index (χ1n) is 5.17. The van der Waals surface area contributed by atoms with Crippen LogP contribution in [-0.2, 0) is 4.74 Å². The largest absolute Gasteiger partial charge is 0.495 e. The summed E-state index contributed by atoms with van der Waals surface area (Å²) in [6.45, 7) is 0. The molecular formula is C12H9BrN4O3. The Morgan fingerprint density at radius 2 is 2.00 bits per heavy atom. The molecular weight excluding hydrogens is 328 g/mol. The van der Waals surface area contributed by atoms with E-state index in [1.807, 2.05) is 0 Å². The van der Waals surface area contributed by atoms with E-state index < -0.39 is 5.97 Å². The maximum absolute atomic E-state index is 11.7. The molecule has 0 spiro atoms. The zero-order valence-electron chi connectivity index (χ0n) is 10.6. The van der Waals surface area contributed by atoms with Gasteiger partial charge in [0.25, 0.3) is 0 Å². The number of methoxy groups -OCH3 is 2. The SMILES string of the molecule is COC(=O)c1cc(Br)c(OC)cc1NN=C(C#N)C#N. The molecule has 1 aromatic carbocycles. The van der Waals surface area contributed by atoms with Crippen LogP contribution in [0.15, 0.2) is 21.7 Å². The Labute approximate surface area is 123 Å². The second-order valence-electron chi connectivity index (χ2n) is 3.32. The van der Waals surface area contributed by atoms with Gasteiger partial charge in [-0.25, -0.2) is 4.79 Å². The predicted molar refractivity (Wildman–Crippen MR) is 74.3 cm³/mol. The van der Waals surface area contributed by atoms with Crippen molar-refractivity contribution in [3.8, 4) is 17.9 Å². The summed E-state index contributed by atoms with van der Waals surface area (Å²) in [4.78, 5) is 11.7. The lowest BCUT2D eigenvalue weighted by Gasteiger charge is -2.11. The minimum absolute atomic E-state index is 0.180. The van der Waals surface area contributed by atoms with E-state index in [9.17, 15) is 4.79 Å². The van der Waals surface area contributed by atoms with E-state index in [1.165, 1.54) is 26.4 Å². The number of anilines is 1. The second kappa shape index (κ2) is 7.12. The van der Waals surface area contributed by atoms with Crippen LogP contribution in [0.2, 0.25) is 0 Å². The van der Waals surface area contributed by atoms with Crippen LogP contribution >= 0.6 is 15.9 Å². The van der Waals surface area contributed by atoms with Gasteiger partial charge in [0.2, 0.25) is 5.71 Å². The molecule has 0 saturated carbocycles. The summed E-state index contributed by atoms with van der Waals surface area (Å²) < 4.78 is 10.3. The summed E-state index contributed by atoms with van der Waals surface area (Å²) in [6, 6.07) is 6.17. The maximum atomic E-state index is 11.7. The van der Waals surface area contributed by atoms with Gasteiger partial charge < -0.3 is 9.47 Å². The Morgan fingerprint density at radius 3 is 2.50 bits per heavy atom. The van der Waals surface area contributed by atoms with E-state index in [0.717, 1.165) is 0 Å². The average Bonchev–Trinajstić information content (AvgIpc) is 2.48. The van der Waals surface area contributed by atoms with Crippen LogP contribution in [0.25, 0.3) is 0 Å². The molecule has 0 amide bonds. The summed E-state index contributed by atoms with van der Waals surface area (Å²) in [5.74, 6) is -0.146. The third-order valence-electron chi connectivity index (χ3n) is 2.20. The number of halogens is 1. The second-order valence-corrected chi connectivity index (χ2v) is 4.17. The standard InChI is InChI=1S/C12H9BrN4O3/c1-19-11-4-10(17-16-7(5-14)6-15)8(3-9(11)13)12(18)20-2/h3-4,17H,1-2H3. The predicted octanol–water partition coefficient (Wildman–Crippen LogP) is 2.06. The van der Waals surface area contributed by atoms with Gasteiger partial charge in [-0.15, -0.1) is 0 Å². The molecule has 8 heteroatoms. The van der Waals surface area contributed by atoms with Crippen molar-refractivity contribution in [1.29, 1.82) is 10.5 Å². The smallest absolute Gasteiger partial charge is 0.340 e. The monoisotopic (exact) mass is 336 g/mol. The fraction of sp³-hybridized carbons (Fsp3) is 0.167. The van der Waals surface area contributed by atoms with Crippen molar-refractivity contribution in [3.63, 3.8) is 0 Å². The Morgan fingerprint density at radius 1 is 1.35 bits per heavy atom. The minimum Gasteiger partial charge on any atom is -0.495 e. The van der Waals surface area contributed by atoms with E-state index >= 15 is 0 Å². The third kappa shape index (κ3) is 3.46. The first kappa shape index (κ1) is 15.5. The van der Waals surface area contributed by atoms with E-state index in [4.69, 9.17) is 15.3 Å². The zero-order valence-corrected chi connectivity index (χ0v) is 12.2.